The maximum atomic E-state index is 14.4. The van der Waals surface area contributed by atoms with Crippen LogP contribution in [-0.2, 0) is 22.6 Å². The van der Waals surface area contributed by atoms with Gasteiger partial charge in [-0.15, -0.1) is 0 Å². The van der Waals surface area contributed by atoms with Gasteiger partial charge in [-0.2, -0.15) is 0 Å². The summed E-state index contributed by atoms with van der Waals surface area (Å²) in [6, 6.07) is 27.0. The number of aliphatic hydroxyl groups is 1. The fourth-order valence-electron chi connectivity index (χ4n) is 5.27. The lowest BCUT2D eigenvalue weighted by Gasteiger charge is -2.31. The van der Waals surface area contributed by atoms with Crippen molar-refractivity contribution in [1.29, 1.82) is 0 Å². The fraction of sp³-hybridized carbons (Fsp3) is 0.222. The number of aliphatic imine (C=N–C) groups is 1. The van der Waals surface area contributed by atoms with Crippen molar-refractivity contribution in [2.75, 3.05) is 13.2 Å². The average molecular weight is 653 g/mol. The van der Waals surface area contributed by atoms with Crippen LogP contribution in [0.1, 0.15) is 46.8 Å². The standard InChI is InChI=1S/C36H34F2N6O4/c37-29-16-13-28(32(38)22-29)24-40-43-35(46)36(19-6-10-25-8-2-1-3-9-25)33(31-12-5-4-11-27(31)23-41-44-39)48-34(42-36)26-14-17-30(18-15-26)47-21-7-20-45/h1-6,8-18,22,33,40,45H,7,19-21,23-24H2,(H,43,46)/b10-6+/t33-,36-/m0/s1. The maximum Gasteiger partial charge on any atom is 0.266 e. The molecule has 2 atom stereocenters. The largest absolute Gasteiger partial charge is 0.494 e. The summed E-state index contributed by atoms with van der Waals surface area (Å²) >= 11 is 0. The Kier molecular flexibility index (Phi) is 11.5. The highest BCUT2D eigenvalue weighted by Gasteiger charge is 2.53. The van der Waals surface area contributed by atoms with E-state index in [-0.39, 0.29) is 37.6 Å². The average Bonchev–Trinajstić information content (AvgIpc) is 3.49. The van der Waals surface area contributed by atoms with E-state index in [0.717, 1.165) is 17.7 Å². The molecule has 246 valence electrons. The summed E-state index contributed by atoms with van der Waals surface area (Å²) in [5, 5.41) is 12.8. The van der Waals surface area contributed by atoms with Crippen molar-refractivity contribution in [3.63, 3.8) is 0 Å². The minimum Gasteiger partial charge on any atom is -0.494 e. The van der Waals surface area contributed by atoms with E-state index < -0.39 is 29.2 Å². The van der Waals surface area contributed by atoms with Gasteiger partial charge in [0.05, 0.1) is 13.2 Å². The molecule has 0 unspecified atom stereocenters. The summed E-state index contributed by atoms with van der Waals surface area (Å²) in [5.41, 5.74) is 15.8. The normalized spacial score (nSPS) is 17.0. The molecular weight excluding hydrogens is 618 g/mol. The van der Waals surface area contributed by atoms with Crippen LogP contribution in [0.3, 0.4) is 0 Å². The molecule has 1 amide bonds. The van der Waals surface area contributed by atoms with Crippen molar-refractivity contribution in [2.45, 2.75) is 37.6 Å². The third-order valence-electron chi connectivity index (χ3n) is 7.71. The van der Waals surface area contributed by atoms with Crippen LogP contribution in [-0.4, -0.2) is 35.7 Å². The lowest BCUT2D eigenvalue weighted by atomic mass is 9.82. The topological polar surface area (TPSA) is 141 Å². The van der Waals surface area contributed by atoms with E-state index in [1.54, 1.807) is 48.5 Å². The number of carbonyl (C=O) groups excluding carboxylic acids is 1. The molecule has 1 aliphatic rings. The van der Waals surface area contributed by atoms with Crippen LogP contribution in [0, 0.1) is 11.6 Å². The number of benzene rings is 4. The van der Waals surface area contributed by atoms with E-state index in [2.05, 4.69) is 20.9 Å². The summed E-state index contributed by atoms with van der Waals surface area (Å²) in [4.78, 5) is 22.2. The van der Waals surface area contributed by atoms with Gasteiger partial charge in [0.15, 0.2) is 11.6 Å². The van der Waals surface area contributed by atoms with Crippen LogP contribution < -0.4 is 15.6 Å². The van der Waals surface area contributed by atoms with E-state index in [1.807, 2.05) is 42.5 Å². The first-order valence-corrected chi connectivity index (χ1v) is 15.3. The van der Waals surface area contributed by atoms with E-state index in [4.69, 9.17) is 25.1 Å². The molecular formula is C36H34F2N6O4. The maximum absolute atomic E-state index is 14.4. The Morgan fingerprint density at radius 1 is 1.04 bits per heavy atom. The quantitative estimate of drug-likeness (QED) is 0.0430. The van der Waals surface area contributed by atoms with Crippen molar-refractivity contribution < 1.29 is 28.2 Å². The molecule has 0 aromatic heterocycles. The van der Waals surface area contributed by atoms with E-state index >= 15 is 0 Å². The van der Waals surface area contributed by atoms with E-state index in [9.17, 15) is 13.6 Å². The number of rotatable bonds is 15. The van der Waals surface area contributed by atoms with Gasteiger partial charge in [-0.1, -0.05) is 77.9 Å². The zero-order valence-corrected chi connectivity index (χ0v) is 25.9. The predicted molar refractivity (Wildman–Crippen MR) is 177 cm³/mol. The van der Waals surface area contributed by atoms with Gasteiger partial charge in [-0.05, 0) is 52.6 Å². The van der Waals surface area contributed by atoms with Crippen LogP contribution in [0.15, 0.2) is 113 Å². The summed E-state index contributed by atoms with van der Waals surface area (Å²) < 4.78 is 40.0. The van der Waals surface area contributed by atoms with Gasteiger partial charge in [0.2, 0.25) is 5.90 Å². The Bertz CT molecular complexity index is 1810. The number of hydrogen-bond acceptors (Lipinski definition) is 7. The number of halogens is 2. The van der Waals surface area contributed by atoms with Crippen molar-refractivity contribution in [2.24, 2.45) is 10.1 Å². The third-order valence-corrected chi connectivity index (χ3v) is 7.71. The molecule has 1 heterocycles. The summed E-state index contributed by atoms with van der Waals surface area (Å²) in [6.45, 7) is 0.257. The second-order valence-corrected chi connectivity index (χ2v) is 10.9. The summed E-state index contributed by atoms with van der Waals surface area (Å²) in [7, 11) is 0. The number of hydrazine groups is 1. The molecule has 4 aromatic rings. The smallest absolute Gasteiger partial charge is 0.266 e. The molecule has 0 radical (unpaired) electrons. The molecule has 0 bridgehead atoms. The molecule has 0 aliphatic carbocycles. The lowest BCUT2D eigenvalue weighted by molar-refractivity contribution is -0.130. The molecule has 0 saturated heterocycles. The second kappa shape index (κ2) is 16.3. The van der Waals surface area contributed by atoms with E-state index in [1.165, 1.54) is 6.07 Å². The SMILES string of the molecule is [N-]=[N+]=NCc1ccccc1[C@@H]1OC(c2ccc(OCCCO)cc2)=N[C@]1(C/C=C/c1ccccc1)C(=O)NNCc1ccc(F)cc1F. The summed E-state index contributed by atoms with van der Waals surface area (Å²) in [5.74, 6) is -1.23. The van der Waals surface area contributed by atoms with Gasteiger partial charge in [0.25, 0.3) is 5.91 Å². The Morgan fingerprint density at radius 2 is 1.81 bits per heavy atom. The predicted octanol–water partition coefficient (Wildman–Crippen LogP) is 6.72. The molecule has 4 aromatic carbocycles. The molecule has 3 N–H and O–H groups in total. The first-order valence-electron chi connectivity index (χ1n) is 15.3. The Labute approximate surface area is 276 Å². The number of hydrogen-bond donors (Lipinski definition) is 3. The van der Waals surface area contributed by atoms with Crippen molar-refractivity contribution >= 4 is 17.9 Å². The number of carbonyl (C=O) groups is 1. The molecule has 5 rings (SSSR count). The van der Waals surface area contributed by atoms with Gasteiger partial charge in [-0.3, -0.25) is 10.2 Å². The molecule has 10 nitrogen and oxygen atoms in total. The second-order valence-electron chi connectivity index (χ2n) is 10.9. The Hall–Kier alpha value is -5.55. The Balaban J connectivity index is 1.54. The van der Waals surface area contributed by atoms with Crippen molar-refractivity contribution in [3.05, 3.63) is 153 Å². The zero-order valence-electron chi connectivity index (χ0n) is 25.9. The zero-order chi connectivity index (χ0) is 33.8. The van der Waals surface area contributed by atoms with Crippen LogP contribution in [0.2, 0.25) is 0 Å². The summed E-state index contributed by atoms with van der Waals surface area (Å²) in [6.07, 6.45) is 3.33. The van der Waals surface area contributed by atoms with Crippen LogP contribution in [0.25, 0.3) is 16.5 Å². The number of nitrogens with zero attached hydrogens (tertiary/aromatic N) is 4. The number of nitrogens with one attached hydrogen (secondary N) is 2. The highest BCUT2D eigenvalue weighted by atomic mass is 19.1. The molecule has 1 aliphatic heterocycles. The lowest BCUT2D eigenvalue weighted by Crippen LogP contribution is -2.52. The van der Waals surface area contributed by atoms with Crippen LogP contribution in [0.5, 0.6) is 5.75 Å². The van der Waals surface area contributed by atoms with Gasteiger partial charge in [0.1, 0.15) is 17.4 Å². The van der Waals surface area contributed by atoms with Crippen LogP contribution in [0.4, 0.5) is 8.78 Å². The molecule has 0 fully saturated rings. The number of ether oxygens (including phenoxy) is 2. The van der Waals surface area contributed by atoms with Gasteiger partial charge >= 0.3 is 0 Å². The van der Waals surface area contributed by atoms with Gasteiger partial charge < -0.3 is 14.6 Å². The fourth-order valence-corrected chi connectivity index (χ4v) is 5.27. The number of amides is 1. The number of azide groups is 1. The third kappa shape index (κ3) is 8.23. The molecule has 0 spiro atoms. The highest BCUT2D eigenvalue weighted by Crippen LogP contribution is 2.44. The van der Waals surface area contributed by atoms with Crippen LogP contribution >= 0.6 is 0 Å². The minimum atomic E-state index is -1.59. The van der Waals surface area contributed by atoms with Crippen molar-refractivity contribution in [3.8, 4) is 5.75 Å². The monoisotopic (exact) mass is 652 g/mol. The molecule has 12 heteroatoms. The first kappa shape index (κ1) is 33.8. The van der Waals surface area contributed by atoms with Gasteiger partial charge in [-0.25, -0.2) is 19.2 Å². The minimum absolute atomic E-state index is 0.0153. The van der Waals surface area contributed by atoms with Gasteiger partial charge in [0, 0.05) is 48.1 Å². The van der Waals surface area contributed by atoms with E-state index in [0.29, 0.717) is 35.5 Å². The Morgan fingerprint density at radius 3 is 2.56 bits per heavy atom. The molecule has 0 saturated carbocycles. The molecule has 48 heavy (non-hydrogen) atoms. The highest BCUT2D eigenvalue weighted by molar-refractivity contribution is 6.01. The first-order chi connectivity index (χ1) is 23.4. The van der Waals surface area contributed by atoms with Crippen molar-refractivity contribution in [1.82, 2.24) is 10.9 Å². The number of aliphatic hydroxyl groups excluding tert-OH is 1.